The number of pyridine rings is 1. The van der Waals surface area contributed by atoms with Gasteiger partial charge in [0, 0.05) is 34.9 Å². The molecule has 1 unspecified atom stereocenters. The van der Waals surface area contributed by atoms with Crippen LogP contribution >= 0.6 is 11.6 Å². The van der Waals surface area contributed by atoms with E-state index in [1.54, 1.807) is 25.3 Å². The van der Waals surface area contributed by atoms with Gasteiger partial charge in [-0.1, -0.05) is 30.2 Å². The van der Waals surface area contributed by atoms with Crippen LogP contribution in [0.1, 0.15) is 55.5 Å². The molecule has 0 radical (unpaired) electrons. The minimum Gasteiger partial charge on any atom is -0.465 e. The van der Waals surface area contributed by atoms with Gasteiger partial charge in [-0.15, -0.1) is 0 Å². The summed E-state index contributed by atoms with van der Waals surface area (Å²) in [6.07, 6.45) is 3.68. The fourth-order valence-corrected chi connectivity index (χ4v) is 4.67. The summed E-state index contributed by atoms with van der Waals surface area (Å²) in [5, 5.41) is 10.2. The van der Waals surface area contributed by atoms with Crippen molar-refractivity contribution < 1.29 is 24.2 Å². The number of piperidine rings is 1. The second-order valence-corrected chi connectivity index (χ2v) is 8.33. The second-order valence-electron chi connectivity index (χ2n) is 7.90. The fourth-order valence-electron chi connectivity index (χ4n) is 4.49. The van der Waals surface area contributed by atoms with Crippen LogP contribution in [-0.2, 0) is 9.47 Å². The summed E-state index contributed by atoms with van der Waals surface area (Å²) in [4.78, 5) is 30.1. The molecule has 8 heteroatoms. The predicted octanol–water partition coefficient (Wildman–Crippen LogP) is 6.07. The van der Waals surface area contributed by atoms with Crippen LogP contribution in [0.4, 0.5) is 9.59 Å². The molecule has 1 aromatic heterocycles. The van der Waals surface area contributed by atoms with Crippen molar-refractivity contribution in [2.24, 2.45) is 0 Å². The first kappa shape index (κ1) is 22.9. The number of nitrogens with zero attached hydrogens (tertiary/aromatic N) is 2. The molecular formula is C25H25ClN2O5. The number of benzene rings is 1. The molecule has 1 aromatic carbocycles. The van der Waals surface area contributed by atoms with Gasteiger partial charge in [0.1, 0.15) is 5.76 Å². The second kappa shape index (κ2) is 9.67. The molecule has 0 spiro atoms. The van der Waals surface area contributed by atoms with E-state index in [1.807, 2.05) is 31.2 Å². The maximum atomic E-state index is 12.2. The topological polar surface area (TPSA) is 89.0 Å². The third kappa shape index (κ3) is 4.59. The Morgan fingerprint density at radius 1 is 1.24 bits per heavy atom. The van der Waals surface area contributed by atoms with E-state index in [-0.39, 0.29) is 12.6 Å². The monoisotopic (exact) mass is 468 g/mol. The van der Waals surface area contributed by atoms with Gasteiger partial charge in [0.2, 0.25) is 0 Å². The minimum atomic E-state index is -0.899. The standard InChI is InChI=1S/C25H25ClN2O5/c1-3-18-13-15(9-11-28(18)24(29)30)22-19-8-7-17(26)12-16(19)14-21(33-25(31)32-4-2)20-6-5-10-27-23(20)22/h5-8,10,12,14,18H,3-4,9,11,13H2,1-2H3,(H,29,30). The number of halogens is 1. The highest BCUT2D eigenvalue weighted by molar-refractivity contribution is 6.30. The molecule has 2 aliphatic rings. The van der Waals surface area contributed by atoms with E-state index in [2.05, 4.69) is 4.98 Å². The zero-order chi connectivity index (χ0) is 23.5. The van der Waals surface area contributed by atoms with Crippen LogP contribution < -0.4 is 0 Å². The zero-order valence-electron chi connectivity index (χ0n) is 18.5. The van der Waals surface area contributed by atoms with Gasteiger partial charge in [-0.25, -0.2) is 9.59 Å². The van der Waals surface area contributed by atoms with Crippen LogP contribution in [0.15, 0.2) is 42.1 Å². The molecule has 1 fully saturated rings. The number of carbonyl (C=O) groups excluding carboxylic acids is 1. The maximum Gasteiger partial charge on any atom is 0.513 e. The molecular weight excluding hydrogens is 444 g/mol. The average molecular weight is 469 g/mol. The number of hydrogen-bond acceptors (Lipinski definition) is 5. The fraction of sp³-hybridized carbons (Fsp3) is 0.320. The van der Waals surface area contributed by atoms with Crippen molar-refractivity contribution in [3.63, 3.8) is 0 Å². The molecule has 172 valence electrons. The maximum absolute atomic E-state index is 12.2. The first-order valence-corrected chi connectivity index (χ1v) is 11.3. The van der Waals surface area contributed by atoms with E-state index in [1.165, 1.54) is 4.90 Å². The number of rotatable bonds is 3. The molecule has 1 saturated heterocycles. The van der Waals surface area contributed by atoms with Crippen molar-refractivity contribution >= 4 is 41.3 Å². The number of hydrogen-bond donors (Lipinski definition) is 1. The summed E-state index contributed by atoms with van der Waals surface area (Å²) >= 11 is 6.31. The Hall–Kier alpha value is -3.32. The molecule has 1 aliphatic heterocycles. The van der Waals surface area contributed by atoms with E-state index < -0.39 is 12.2 Å². The van der Waals surface area contributed by atoms with Gasteiger partial charge in [-0.05, 0) is 67.7 Å². The first-order chi connectivity index (χ1) is 15.9. The molecule has 2 heterocycles. The molecule has 1 amide bonds. The van der Waals surface area contributed by atoms with Gasteiger partial charge in [0.25, 0.3) is 0 Å². The van der Waals surface area contributed by atoms with Crippen LogP contribution in [0, 0.1) is 0 Å². The van der Waals surface area contributed by atoms with Gasteiger partial charge in [-0.2, -0.15) is 0 Å². The smallest absolute Gasteiger partial charge is 0.465 e. The molecule has 7 nitrogen and oxygen atoms in total. The van der Waals surface area contributed by atoms with Crippen molar-refractivity contribution in [3.05, 3.63) is 69.5 Å². The van der Waals surface area contributed by atoms with Crippen molar-refractivity contribution in [1.29, 1.82) is 0 Å². The Labute approximate surface area is 197 Å². The lowest BCUT2D eigenvalue weighted by molar-refractivity contribution is 0.0956. The number of fused-ring (bicyclic) bond motifs is 2. The van der Waals surface area contributed by atoms with Crippen molar-refractivity contribution in [2.75, 3.05) is 13.2 Å². The summed E-state index contributed by atoms with van der Waals surface area (Å²) in [5.74, 6) is 0.325. The van der Waals surface area contributed by atoms with Crippen LogP contribution in [0.2, 0.25) is 5.02 Å². The number of ether oxygens (including phenoxy) is 2. The molecule has 0 bridgehead atoms. The Kier molecular flexibility index (Phi) is 6.70. The number of amides is 1. The van der Waals surface area contributed by atoms with Crippen LogP contribution in [-0.4, -0.2) is 46.4 Å². The molecule has 4 rings (SSSR count). The molecule has 0 saturated carbocycles. The molecule has 2 aromatic rings. The van der Waals surface area contributed by atoms with Crippen molar-refractivity contribution in [3.8, 4) is 0 Å². The quantitative estimate of drug-likeness (QED) is 0.549. The summed E-state index contributed by atoms with van der Waals surface area (Å²) in [7, 11) is 0. The van der Waals surface area contributed by atoms with E-state index in [9.17, 15) is 14.7 Å². The van der Waals surface area contributed by atoms with E-state index in [0.717, 1.165) is 22.3 Å². The summed E-state index contributed by atoms with van der Waals surface area (Å²) in [6.45, 7) is 4.32. The lowest BCUT2D eigenvalue weighted by Crippen LogP contribution is -2.43. The molecule has 1 aliphatic carbocycles. The lowest BCUT2D eigenvalue weighted by Gasteiger charge is -2.35. The van der Waals surface area contributed by atoms with Gasteiger partial charge in [0.05, 0.1) is 12.3 Å². The van der Waals surface area contributed by atoms with Gasteiger partial charge >= 0.3 is 12.2 Å². The predicted molar refractivity (Wildman–Crippen MR) is 126 cm³/mol. The Bertz CT molecular complexity index is 1160. The highest BCUT2D eigenvalue weighted by Crippen LogP contribution is 2.42. The molecule has 1 N–H and O–H groups in total. The van der Waals surface area contributed by atoms with Crippen molar-refractivity contribution in [1.82, 2.24) is 9.88 Å². The molecule has 33 heavy (non-hydrogen) atoms. The Morgan fingerprint density at radius 3 is 2.79 bits per heavy atom. The van der Waals surface area contributed by atoms with Gasteiger partial charge in [-0.3, -0.25) is 4.98 Å². The van der Waals surface area contributed by atoms with E-state index in [4.69, 9.17) is 21.1 Å². The number of likely N-dealkylation sites (tertiary alicyclic amines) is 1. The highest BCUT2D eigenvalue weighted by atomic mass is 35.5. The van der Waals surface area contributed by atoms with E-state index in [0.29, 0.717) is 47.8 Å². The average Bonchev–Trinajstić information content (AvgIpc) is 2.93. The SMILES string of the molecule is CCOC(=O)OC1=Cc2cc(Cl)ccc2C(=C2CCN(C(=O)O)C(CC)C2)c2ncccc21. The normalized spacial score (nSPS) is 19.7. The van der Waals surface area contributed by atoms with Gasteiger partial charge in [0.15, 0.2) is 0 Å². The van der Waals surface area contributed by atoms with E-state index >= 15 is 0 Å². The lowest BCUT2D eigenvalue weighted by atomic mass is 9.85. The third-order valence-corrected chi connectivity index (χ3v) is 6.22. The Balaban J connectivity index is 1.91. The zero-order valence-corrected chi connectivity index (χ0v) is 19.3. The summed E-state index contributed by atoms with van der Waals surface area (Å²) in [6, 6.07) is 9.10. The van der Waals surface area contributed by atoms with Crippen LogP contribution in [0.5, 0.6) is 0 Å². The van der Waals surface area contributed by atoms with Gasteiger partial charge < -0.3 is 19.5 Å². The largest absolute Gasteiger partial charge is 0.513 e. The number of carboxylic acid groups (broad SMARTS) is 1. The summed E-state index contributed by atoms with van der Waals surface area (Å²) in [5.41, 5.74) is 5.09. The Morgan fingerprint density at radius 2 is 2.06 bits per heavy atom. The minimum absolute atomic E-state index is 0.117. The summed E-state index contributed by atoms with van der Waals surface area (Å²) < 4.78 is 10.6. The first-order valence-electron chi connectivity index (χ1n) is 11.0. The highest BCUT2D eigenvalue weighted by Gasteiger charge is 2.32. The number of carbonyl (C=O) groups is 2. The van der Waals surface area contributed by atoms with Crippen LogP contribution in [0.25, 0.3) is 17.4 Å². The van der Waals surface area contributed by atoms with Crippen LogP contribution in [0.3, 0.4) is 0 Å². The third-order valence-electron chi connectivity index (χ3n) is 5.98. The molecule has 1 atom stereocenters. The van der Waals surface area contributed by atoms with Crippen molar-refractivity contribution in [2.45, 2.75) is 39.2 Å². The number of aromatic nitrogens is 1.